The molecule has 4 aromatic rings. The number of nitrogens with zero attached hydrogens (tertiary/aromatic N) is 1. The van der Waals surface area contributed by atoms with E-state index in [1.165, 1.54) is 36.2 Å². The monoisotopic (exact) mass is 613 g/mol. The Morgan fingerprint density at radius 1 is 0.833 bits per heavy atom. The molecular formula is C32H30F3NO4S2. The summed E-state index contributed by atoms with van der Waals surface area (Å²) in [7, 11) is -3.99. The zero-order chi connectivity index (χ0) is 30.7. The molecule has 0 fully saturated rings. The fourth-order valence-corrected chi connectivity index (χ4v) is 6.97. The second kappa shape index (κ2) is 12.7. The predicted octanol–water partition coefficient (Wildman–Crippen LogP) is 7.87. The highest BCUT2D eigenvalue weighted by atomic mass is 32.2. The van der Waals surface area contributed by atoms with Crippen LogP contribution in [0.25, 0.3) is 11.1 Å². The van der Waals surface area contributed by atoms with Gasteiger partial charge in [-0.2, -0.15) is 13.2 Å². The number of carbonyl (C=O) groups is 1. The van der Waals surface area contributed by atoms with E-state index < -0.39 is 33.3 Å². The van der Waals surface area contributed by atoms with Crippen molar-refractivity contribution in [1.82, 2.24) is 4.31 Å². The van der Waals surface area contributed by atoms with Crippen molar-refractivity contribution in [2.24, 2.45) is 0 Å². The number of hydrogen-bond acceptors (Lipinski definition) is 5. The number of halogens is 3. The first kappa shape index (κ1) is 31.3. The van der Waals surface area contributed by atoms with Gasteiger partial charge in [0.25, 0.3) is 0 Å². The Balaban J connectivity index is 1.64. The summed E-state index contributed by atoms with van der Waals surface area (Å²) in [6.45, 7) is 6.38. The molecule has 0 aliphatic rings. The molecule has 1 N–H and O–H groups in total. The molecule has 0 aliphatic heterocycles. The lowest BCUT2D eigenvalue weighted by Crippen LogP contribution is -2.19. The smallest absolute Gasteiger partial charge is 0.416 e. The highest BCUT2D eigenvalue weighted by Crippen LogP contribution is 2.37. The van der Waals surface area contributed by atoms with Crippen LogP contribution < -0.4 is 0 Å². The van der Waals surface area contributed by atoms with Crippen LogP contribution in [0.1, 0.15) is 33.4 Å². The Labute approximate surface area is 248 Å². The van der Waals surface area contributed by atoms with E-state index >= 15 is 0 Å². The fraction of sp³-hybridized carbons (Fsp3) is 0.219. The molecule has 0 aliphatic carbocycles. The topological polar surface area (TPSA) is 74.7 Å². The molecular weight excluding hydrogens is 583 g/mol. The van der Waals surface area contributed by atoms with Crippen molar-refractivity contribution < 1.29 is 31.5 Å². The van der Waals surface area contributed by atoms with Gasteiger partial charge in [-0.15, -0.1) is 0 Å². The van der Waals surface area contributed by atoms with Crippen LogP contribution in [-0.2, 0) is 33.9 Å². The van der Waals surface area contributed by atoms with Gasteiger partial charge in [0, 0.05) is 18.0 Å². The first-order valence-electron chi connectivity index (χ1n) is 13.0. The number of carboxylic acid groups (broad SMARTS) is 1. The molecule has 0 unspecified atom stereocenters. The molecule has 220 valence electrons. The molecule has 0 atom stereocenters. The Hall–Kier alpha value is -3.60. The molecule has 4 aromatic carbocycles. The normalized spacial score (nSPS) is 12.1. The summed E-state index contributed by atoms with van der Waals surface area (Å²) in [6.07, 6.45) is -4.48. The third-order valence-electron chi connectivity index (χ3n) is 6.65. The summed E-state index contributed by atoms with van der Waals surface area (Å²) in [5.41, 5.74) is 4.88. The lowest BCUT2D eigenvalue weighted by molar-refractivity contribution is -0.138. The molecule has 0 saturated heterocycles. The van der Waals surface area contributed by atoms with Crippen molar-refractivity contribution in [2.45, 2.75) is 49.8 Å². The molecule has 0 radical (unpaired) electrons. The van der Waals surface area contributed by atoms with Gasteiger partial charge in [0.1, 0.15) is 0 Å². The van der Waals surface area contributed by atoms with E-state index in [-0.39, 0.29) is 17.0 Å². The number of aryl methyl sites for hydroxylation is 3. The van der Waals surface area contributed by atoms with Gasteiger partial charge in [0.15, 0.2) is 15.6 Å². The van der Waals surface area contributed by atoms with Crippen LogP contribution in [0.2, 0.25) is 0 Å². The van der Waals surface area contributed by atoms with E-state index in [0.717, 1.165) is 38.8 Å². The van der Waals surface area contributed by atoms with E-state index in [4.69, 9.17) is 5.11 Å². The molecule has 0 bridgehead atoms. The molecule has 0 spiro atoms. The van der Waals surface area contributed by atoms with E-state index in [1.54, 1.807) is 18.2 Å². The lowest BCUT2D eigenvalue weighted by Gasteiger charge is -2.25. The van der Waals surface area contributed by atoms with Crippen LogP contribution in [0.15, 0.2) is 94.7 Å². The molecule has 0 amide bonds. The fourth-order valence-electron chi connectivity index (χ4n) is 4.81. The SMILES string of the molecule is Cc1cc(C)c(SN(Cc2ccc(-c3cccc(S(=O)(=O)CC(=O)O)c3)cc2)Cc2ccccc2C(F)(F)F)c(C)c1. The van der Waals surface area contributed by atoms with Crippen LogP contribution in [0.4, 0.5) is 13.2 Å². The Bertz CT molecular complexity index is 1680. The zero-order valence-electron chi connectivity index (χ0n) is 23.3. The third kappa shape index (κ3) is 7.81. The summed E-state index contributed by atoms with van der Waals surface area (Å²) in [6, 6.07) is 23.1. The van der Waals surface area contributed by atoms with Crippen LogP contribution in [0.5, 0.6) is 0 Å². The summed E-state index contributed by atoms with van der Waals surface area (Å²) in [4.78, 5) is 11.9. The van der Waals surface area contributed by atoms with Crippen LogP contribution in [0, 0.1) is 20.8 Å². The summed E-state index contributed by atoms with van der Waals surface area (Å²) >= 11 is 1.42. The number of benzene rings is 4. The van der Waals surface area contributed by atoms with Gasteiger partial charge in [-0.1, -0.05) is 72.3 Å². The summed E-state index contributed by atoms with van der Waals surface area (Å²) in [5.74, 6) is -2.43. The number of sulfone groups is 1. The van der Waals surface area contributed by atoms with Crippen molar-refractivity contribution in [3.8, 4) is 11.1 Å². The van der Waals surface area contributed by atoms with Gasteiger partial charge in [-0.05, 0) is 84.3 Å². The first-order valence-corrected chi connectivity index (χ1v) is 15.5. The van der Waals surface area contributed by atoms with Gasteiger partial charge in [-0.25, -0.2) is 12.7 Å². The number of rotatable bonds is 10. The van der Waals surface area contributed by atoms with E-state index in [1.807, 2.05) is 49.3 Å². The van der Waals surface area contributed by atoms with Crippen molar-refractivity contribution >= 4 is 27.8 Å². The van der Waals surface area contributed by atoms with Crippen LogP contribution in [0.3, 0.4) is 0 Å². The Morgan fingerprint density at radius 2 is 1.48 bits per heavy atom. The molecule has 5 nitrogen and oxygen atoms in total. The van der Waals surface area contributed by atoms with E-state index in [9.17, 15) is 26.4 Å². The maximum absolute atomic E-state index is 13.8. The van der Waals surface area contributed by atoms with Crippen LogP contribution >= 0.6 is 11.9 Å². The zero-order valence-corrected chi connectivity index (χ0v) is 24.9. The van der Waals surface area contributed by atoms with Crippen molar-refractivity contribution in [2.75, 3.05) is 5.75 Å². The van der Waals surface area contributed by atoms with Gasteiger partial charge in [-0.3, -0.25) is 4.79 Å². The Kier molecular flexibility index (Phi) is 9.50. The van der Waals surface area contributed by atoms with E-state index in [0.29, 0.717) is 12.1 Å². The van der Waals surface area contributed by atoms with Crippen molar-refractivity contribution in [3.63, 3.8) is 0 Å². The molecule has 10 heteroatoms. The van der Waals surface area contributed by atoms with Crippen molar-refractivity contribution in [1.29, 1.82) is 0 Å². The highest BCUT2D eigenvalue weighted by molar-refractivity contribution is 7.97. The maximum Gasteiger partial charge on any atom is 0.416 e. The summed E-state index contributed by atoms with van der Waals surface area (Å²) in [5, 5.41) is 8.94. The Morgan fingerprint density at radius 3 is 2.10 bits per heavy atom. The van der Waals surface area contributed by atoms with Crippen molar-refractivity contribution in [3.05, 3.63) is 118 Å². The molecule has 0 aromatic heterocycles. The maximum atomic E-state index is 13.8. The van der Waals surface area contributed by atoms with Crippen LogP contribution in [-0.4, -0.2) is 29.6 Å². The highest BCUT2D eigenvalue weighted by Gasteiger charge is 2.33. The predicted molar refractivity (Wildman–Crippen MR) is 159 cm³/mol. The number of aliphatic carboxylic acids is 1. The number of hydrogen-bond donors (Lipinski definition) is 1. The molecule has 42 heavy (non-hydrogen) atoms. The second-order valence-corrected chi connectivity index (χ2v) is 13.2. The largest absolute Gasteiger partial charge is 0.480 e. The van der Waals surface area contributed by atoms with E-state index in [2.05, 4.69) is 12.1 Å². The first-order chi connectivity index (χ1) is 19.7. The van der Waals surface area contributed by atoms with Gasteiger partial charge in [0.05, 0.1) is 10.5 Å². The minimum atomic E-state index is -4.48. The van der Waals surface area contributed by atoms with Gasteiger partial charge in [0.2, 0.25) is 0 Å². The lowest BCUT2D eigenvalue weighted by atomic mass is 10.0. The quantitative estimate of drug-likeness (QED) is 0.184. The molecule has 0 heterocycles. The average molecular weight is 614 g/mol. The second-order valence-electron chi connectivity index (χ2n) is 10.1. The molecule has 0 saturated carbocycles. The minimum absolute atomic E-state index is 0.0539. The molecule has 4 rings (SSSR count). The number of carboxylic acids is 1. The number of alkyl halides is 3. The third-order valence-corrected chi connectivity index (χ3v) is 9.59. The van der Waals surface area contributed by atoms with Gasteiger partial charge >= 0.3 is 12.1 Å². The average Bonchev–Trinajstić information content (AvgIpc) is 2.90. The standard InChI is InChI=1S/C32H30F3NO4S2/c1-21-15-22(2)31(23(3)16-21)41-36(19-27-7-4-5-10-29(27)32(33,34)35)18-24-11-13-25(14-12-24)26-8-6-9-28(17-26)42(39,40)20-30(37)38/h4-17H,18-20H2,1-3H3,(H,37,38). The minimum Gasteiger partial charge on any atom is -0.480 e. The summed E-state index contributed by atoms with van der Waals surface area (Å²) < 4.78 is 68.1. The van der Waals surface area contributed by atoms with Gasteiger partial charge < -0.3 is 5.11 Å².